The minimum Gasteiger partial charge on any atom is -0.463 e. The molecule has 0 unspecified atom stereocenters. The molecule has 1 aromatic heterocycles. The molecule has 0 amide bonds. The number of nitrogens with zero attached hydrogens (tertiary/aromatic N) is 2. The number of hydrogen-bond donors (Lipinski definition) is 0. The van der Waals surface area contributed by atoms with Gasteiger partial charge in [0.15, 0.2) is 0 Å². The minimum atomic E-state index is -0.449. The number of pyridine rings is 1. The molecule has 0 bridgehead atoms. The van der Waals surface area contributed by atoms with Crippen LogP contribution in [-0.2, 0) is 14.4 Å². The van der Waals surface area contributed by atoms with Crippen LogP contribution >= 0.6 is 0 Å². The Balaban J connectivity index is 2.19. The van der Waals surface area contributed by atoms with Crippen LogP contribution in [0.1, 0.15) is 18.2 Å². The molecule has 0 spiro atoms. The van der Waals surface area contributed by atoms with Crippen molar-refractivity contribution in [1.29, 1.82) is 0 Å². The van der Waals surface area contributed by atoms with Crippen LogP contribution in [0.4, 0.5) is 0 Å². The summed E-state index contributed by atoms with van der Waals surface area (Å²) in [4.78, 5) is 20.6. The molecule has 5 nitrogen and oxygen atoms in total. The van der Waals surface area contributed by atoms with Crippen LogP contribution < -0.4 is 0 Å². The van der Waals surface area contributed by atoms with E-state index in [2.05, 4.69) is 10.1 Å². The summed E-state index contributed by atoms with van der Waals surface area (Å²) in [6.07, 6.45) is 1.68. The number of aromatic nitrogens is 1. The topological polar surface area (TPSA) is 60.8 Å². The fourth-order valence-electron chi connectivity index (χ4n) is 1.70. The summed E-state index contributed by atoms with van der Waals surface area (Å²) in [5.41, 5.74) is 2.10. The van der Waals surface area contributed by atoms with Crippen molar-refractivity contribution in [2.24, 2.45) is 5.16 Å². The first-order chi connectivity index (χ1) is 10.3. The summed E-state index contributed by atoms with van der Waals surface area (Å²) in [5.74, 6) is -0.449. The number of oxime groups is 1. The van der Waals surface area contributed by atoms with Crippen LogP contribution in [0.5, 0.6) is 0 Å². The predicted molar refractivity (Wildman–Crippen MR) is 78.9 cm³/mol. The van der Waals surface area contributed by atoms with Crippen LogP contribution in [0, 0.1) is 0 Å². The Labute approximate surface area is 123 Å². The Kier molecular flexibility index (Phi) is 5.46. The molecule has 0 aliphatic heterocycles. The summed E-state index contributed by atoms with van der Waals surface area (Å²) in [7, 11) is 0. The fraction of sp³-hybridized carbons (Fsp3) is 0.188. The standard InChI is InChI=1S/C16H16N2O3/c1-2-20-15(19)12-21-18-16(13-8-4-3-5-9-13)14-10-6-7-11-17-14/h3-11H,2,12H2,1H3/b18-16+. The number of benzene rings is 1. The highest BCUT2D eigenvalue weighted by Gasteiger charge is 2.09. The second-order valence-corrected chi connectivity index (χ2v) is 4.10. The molecule has 0 N–H and O–H groups in total. The van der Waals surface area contributed by atoms with E-state index in [1.54, 1.807) is 13.1 Å². The second-order valence-electron chi connectivity index (χ2n) is 4.10. The number of carbonyl (C=O) groups excluding carboxylic acids is 1. The van der Waals surface area contributed by atoms with Crippen LogP contribution in [0.25, 0.3) is 0 Å². The molecule has 0 fully saturated rings. The first kappa shape index (κ1) is 14.7. The molecule has 0 radical (unpaired) electrons. The van der Waals surface area contributed by atoms with Gasteiger partial charge in [-0.05, 0) is 19.1 Å². The van der Waals surface area contributed by atoms with Crippen molar-refractivity contribution in [3.8, 4) is 0 Å². The normalized spacial score (nSPS) is 11.0. The van der Waals surface area contributed by atoms with Gasteiger partial charge in [0.1, 0.15) is 5.71 Å². The average Bonchev–Trinajstić information content (AvgIpc) is 2.53. The van der Waals surface area contributed by atoms with Crippen LogP contribution in [0.15, 0.2) is 59.9 Å². The summed E-state index contributed by atoms with van der Waals surface area (Å²) in [6, 6.07) is 15.1. The lowest BCUT2D eigenvalue weighted by Crippen LogP contribution is -2.12. The number of rotatable bonds is 6. The third-order valence-corrected chi connectivity index (χ3v) is 2.60. The van der Waals surface area contributed by atoms with E-state index >= 15 is 0 Å². The maximum Gasteiger partial charge on any atom is 0.347 e. The maximum absolute atomic E-state index is 11.3. The molecule has 2 aromatic rings. The van der Waals surface area contributed by atoms with Gasteiger partial charge in [0, 0.05) is 11.8 Å². The van der Waals surface area contributed by atoms with Crippen LogP contribution in [0.3, 0.4) is 0 Å². The third-order valence-electron chi connectivity index (χ3n) is 2.60. The Morgan fingerprint density at radius 2 is 1.90 bits per heavy atom. The Morgan fingerprint density at radius 1 is 1.14 bits per heavy atom. The number of carbonyl (C=O) groups is 1. The lowest BCUT2D eigenvalue weighted by Gasteiger charge is -2.06. The van der Waals surface area contributed by atoms with E-state index in [0.29, 0.717) is 18.0 Å². The molecule has 21 heavy (non-hydrogen) atoms. The van der Waals surface area contributed by atoms with E-state index in [4.69, 9.17) is 9.57 Å². The zero-order valence-electron chi connectivity index (χ0n) is 11.7. The van der Waals surface area contributed by atoms with Crippen molar-refractivity contribution in [1.82, 2.24) is 4.98 Å². The lowest BCUT2D eigenvalue weighted by atomic mass is 10.1. The molecule has 2 rings (SSSR count). The zero-order valence-corrected chi connectivity index (χ0v) is 11.7. The lowest BCUT2D eigenvalue weighted by molar-refractivity contribution is -0.148. The first-order valence-corrected chi connectivity index (χ1v) is 6.63. The third kappa shape index (κ3) is 4.42. The number of esters is 1. The van der Waals surface area contributed by atoms with Crippen LogP contribution in [-0.4, -0.2) is 29.9 Å². The molecule has 0 aliphatic carbocycles. The molecule has 0 saturated heterocycles. The van der Waals surface area contributed by atoms with E-state index in [0.717, 1.165) is 5.56 Å². The van der Waals surface area contributed by atoms with E-state index in [1.807, 2.05) is 48.5 Å². The van der Waals surface area contributed by atoms with E-state index in [1.165, 1.54) is 0 Å². The maximum atomic E-state index is 11.3. The minimum absolute atomic E-state index is 0.225. The van der Waals surface area contributed by atoms with Crippen molar-refractivity contribution >= 4 is 11.7 Å². The monoisotopic (exact) mass is 284 g/mol. The Bertz CT molecular complexity index is 556. The van der Waals surface area contributed by atoms with Crippen molar-refractivity contribution in [2.75, 3.05) is 13.2 Å². The molecule has 5 heteroatoms. The molecule has 108 valence electrons. The highest BCUT2D eigenvalue weighted by atomic mass is 16.7. The molecule has 0 saturated carbocycles. The van der Waals surface area contributed by atoms with Crippen molar-refractivity contribution < 1.29 is 14.4 Å². The Morgan fingerprint density at radius 3 is 2.57 bits per heavy atom. The smallest absolute Gasteiger partial charge is 0.347 e. The first-order valence-electron chi connectivity index (χ1n) is 6.63. The summed E-state index contributed by atoms with van der Waals surface area (Å²) in [6.45, 7) is 1.83. The van der Waals surface area contributed by atoms with E-state index in [9.17, 15) is 4.79 Å². The summed E-state index contributed by atoms with van der Waals surface area (Å²) in [5, 5.41) is 4.04. The quantitative estimate of drug-likeness (QED) is 0.464. The molecular formula is C16H16N2O3. The van der Waals surface area contributed by atoms with Gasteiger partial charge in [-0.25, -0.2) is 4.79 Å². The molecule has 1 aromatic carbocycles. The van der Waals surface area contributed by atoms with E-state index < -0.39 is 5.97 Å². The summed E-state index contributed by atoms with van der Waals surface area (Å²) >= 11 is 0. The van der Waals surface area contributed by atoms with Gasteiger partial charge < -0.3 is 9.57 Å². The number of ether oxygens (including phenoxy) is 1. The molecular weight excluding hydrogens is 268 g/mol. The number of hydrogen-bond acceptors (Lipinski definition) is 5. The van der Waals surface area contributed by atoms with Crippen molar-refractivity contribution in [3.05, 3.63) is 66.0 Å². The zero-order chi connectivity index (χ0) is 14.9. The SMILES string of the molecule is CCOC(=O)CO/N=C(\c1ccccc1)c1ccccn1. The average molecular weight is 284 g/mol. The van der Waals surface area contributed by atoms with Crippen molar-refractivity contribution in [2.45, 2.75) is 6.92 Å². The molecule has 0 atom stereocenters. The predicted octanol–water partition coefficient (Wildman–Crippen LogP) is 2.41. The van der Waals surface area contributed by atoms with Crippen molar-refractivity contribution in [3.63, 3.8) is 0 Å². The Hall–Kier alpha value is -2.69. The van der Waals surface area contributed by atoms with E-state index in [-0.39, 0.29) is 6.61 Å². The summed E-state index contributed by atoms with van der Waals surface area (Å²) < 4.78 is 4.79. The largest absolute Gasteiger partial charge is 0.463 e. The van der Waals surface area contributed by atoms with Gasteiger partial charge >= 0.3 is 5.97 Å². The fourth-order valence-corrected chi connectivity index (χ4v) is 1.70. The van der Waals surface area contributed by atoms with Crippen LogP contribution in [0.2, 0.25) is 0 Å². The molecule has 1 heterocycles. The highest BCUT2D eigenvalue weighted by molar-refractivity contribution is 6.11. The van der Waals surface area contributed by atoms with Gasteiger partial charge in [0.05, 0.1) is 12.3 Å². The second kappa shape index (κ2) is 7.79. The highest BCUT2D eigenvalue weighted by Crippen LogP contribution is 2.09. The van der Waals surface area contributed by atoms with Gasteiger partial charge in [-0.15, -0.1) is 0 Å². The van der Waals surface area contributed by atoms with Gasteiger partial charge in [-0.3, -0.25) is 4.98 Å². The van der Waals surface area contributed by atoms with Gasteiger partial charge in [0.2, 0.25) is 6.61 Å². The van der Waals surface area contributed by atoms with Gasteiger partial charge in [0.25, 0.3) is 0 Å². The van der Waals surface area contributed by atoms with Gasteiger partial charge in [-0.1, -0.05) is 41.6 Å². The van der Waals surface area contributed by atoms with Gasteiger partial charge in [-0.2, -0.15) is 0 Å². The molecule has 0 aliphatic rings.